The van der Waals surface area contributed by atoms with Crippen LogP contribution >= 0.6 is 0 Å². The number of rotatable bonds is 4. The van der Waals surface area contributed by atoms with Crippen molar-refractivity contribution in [3.8, 4) is 5.88 Å². The Kier molecular flexibility index (Phi) is 3.73. The number of hydrogen-bond acceptors (Lipinski definition) is 6. The summed E-state index contributed by atoms with van der Waals surface area (Å²) in [5, 5.41) is 20.2. The molecule has 0 unspecified atom stereocenters. The Bertz CT molecular complexity index is 548. The van der Waals surface area contributed by atoms with Crippen LogP contribution in [0.1, 0.15) is 6.92 Å². The molecule has 1 saturated heterocycles. The summed E-state index contributed by atoms with van der Waals surface area (Å²) in [6.45, 7) is 2.43. The molecule has 0 aromatic carbocycles. The van der Waals surface area contributed by atoms with E-state index in [2.05, 4.69) is 4.98 Å². The lowest BCUT2D eigenvalue weighted by Gasteiger charge is -2.17. The third kappa shape index (κ3) is 2.49. The molecule has 108 valence electrons. The van der Waals surface area contributed by atoms with Crippen molar-refractivity contribution in [1.82, 2.24) is 4.98 Å². The predicted octanol–water partition coefficient (Wildman–Crippen LogP) is 1.16. The van der Waals surface area contributed by atoms with Crippen LogP contribution in [0.3, 0.4) is 0 Å². The molecule has 0 spiro atoms. The number of anilines is 1. The highest BCUT2D eigenvalue weighted by molar-refractivity contribution is 5.73. The van der Waals surface area contributed by atoms with Crippen molar-refractivity contribution in [3.05, 3.63) is 22.2 Å². The van der Waals surface area contributed by atoms with Crippen LogP contribution in [0.2, 0.25) is 0 Å². The second-order valence-corrected chi connectivity index (χ2v) is 4.78. The SMILES string of the molecule is COc1ccc([N+](=O)[O-])c(N2C[C@@H](C)[C@H](C(=O)O)C2)n1. The summed E-state index contributed by atoms with van der Waals surface area (Å²) in [5.74, 6) is -1.13. The van der Waals surface area contributed by atoms with E-state index < -0.39 is 16.8 Å². The van der Waals surface area contributed by atoms with Gasteiger partial charge in [0.05, 0.1) is 18.0 Å². The lowest BCUT2D eigenvalue weighted by atomic mass is 9.99. The topological polar surface area (TPSA) is 106 Å². The first-order valence-corrected chi connectivity index (χ1v) is 6.11. The van der Waals surface area contributed by atoms with E-state index in [0.29, 0.717) is 6.54 Å². The fourth-order valence-electron chi connectivity index (χ4n) is 2.37. The molecule has 0 aliphatic carbocycles. The number of carboxylic acid groups (broad SMARTS) is 1. The summed E-state index contributed by atoms with van der Waals surface area (Å²) in [6.07, 6.45) is 0. The van der Waals surface area contributed by atoms with Crippen molar-refractivity contribution in [2.24, 2.45) is 11.8 Å². The molecule has 1 fully saturated rings. The molecule has 0 saturated carbocycles. The first-order valence-electron chi connectivity index (χ1n) is 6.11. The van der Waals surface area contributed by atoms with Crippen LogP contribution in [0.25, 0.3) is 0 Å². The average Bonchev–Trinajstić information content (AvgIpc) is 2.80. The van der Waals surface area contributed by atoms with E-state index in [-0.39, 0.29) is 29.8 Å². The number of pyridine rings is 1. The molecule has 1 aliphatic rings. The van der Waals surface area contributed by atoms with Gasteiger partial charge in [0.15, 0.2) is 0 Å². The van der Waals surface area contributed by atoms with Gasteiger partial charge in [0.25, 0.3) is 0 Å². The maximum absolute atomic E-state index is 11.1. The third-order valence-corrected chi connectivity index (χ3v) is 3.46. The molecule has 1 aliphatic heterocycles. The number of nitrogens with zero attached hydrogens (tertiary/aromatic N) is 3. The fraction of sp³-hybridized carbons (Fsp3) is 0.500. The van der Waals surface area contributed by atoms with E-state index in [0.717, 1.165) is 0 Å². The van der Waals surface area contributed by atoms with Gasteiger partial charge in [0, 0.05) is 25.2 Å². The molecule has 0 bridgehead atoms. The first-order chi connectivity index (χ1) is 9.43. The van der Waals surface area contributed by atoms with E-state index in [1.165, 1.54) is 19.2 Å². The van der Waals surface area contributed by atoms with Crippen LogP contribution in [-0.4, -0.2) is 41.2 Å². The molecule has 1 aromatic rings. The lowest BCUT2D eigenvalue weighted by Crippen LogP contribution is -2.24. The number of nitro groups is 1. The van der Waals surface area contributed by atoms with Crippen molar-refractivity contribution < 1.29 is 19.6 Å². The van der Waals surface area contributed by atoms with E-state index in [1.807, 2.05) is 6.92 Å². The quantitative estimate of drug-likeness (QED) is 0.651. The Morgan fingerprint density at radius 1 is 1.55 bits per heavy atom. The maximum Gasteiger partial charge on any atom is 0.311 e. The zero-order valence-corrected chi connectivity index (χ0v) is 11.1. The number of aliphatic carboxylic acids is 1. The number of aromatic nitrogens is 1. The molecular weight excluding hydrogens is 266 g/mol. The van der Waals surface area contributed by atoms with Gasteiger partial charge in [-0.3, -0.25) is 14.9 Å². The maximum atomic E-state index is 11.1. The first kappa shape index (κ1) is 14.0. The minimum atomic E-state index is -0.898. The van der Waals surface area contributed by atoms with Crippen molar-refractivity contribution in [2.75, 3.05) is 25.1 Å². The molecule has 20 heavy (non-hydrogen) atoms. The number of hydrogen-bond donors (Lipinski definition) is 1. The van der Waals surface area contributed by atoms with Crippen molar-refractivity contribution in [3.63, 3.8) is 0 Å². The summed E-state index contributed by atoms with van der Waals surface area (Å²) in [4.78, 5) is 27.4. The summed E-state index contributed by atoms with van der Waals surface area (Å²) in [5.41, 5.74) is -0.149. The zero-order valence-electron chi connectivity index (χ0n) is 11.1. The lowest BCUT2D eigenvalue weighted by molar-refractivity contribution is -0.384. The number of methoxy groups -OCH3 is 1. The van der Waals surface area contributed by atoms with Crippen LogP contribution in [0.15, 0.2) is 12.1 Å². The Morgan fingerprint density at radius 3 is 2.75 bits per heavy atom. The van der Waals surface area contributed by atoms with Crippen LogP contribution in [0, 0.1) is 22.0 Å². The normalized spacial score (nSPS) is 21.8. The van der Waals surface area contributed by atoms with Gasteiger partial charge in [-0.15, -0.1) is 0 Å². The summed E-state index contributed by atoms with van der Waals surface area (Å²) in [6, 6.07) is 2.73. The predicted molar refractivity (Wildman–Crippen MR) is 69.9 cm³/mol. The van der Waals surface area contributed by atoms with Crippen molar-refractivity contribution in [2.45, 2.75) is 6.92 Å². The van der Waals surface area contributed by atoms with Crippen LogP contribution in [-0.2, 0) is 4.79 Å². The van der Waals surface area contributed by atoms with Gasteiger partial charge in [-0.1, -0.05) is 6.92 Å². The summed E-state index contributed by atoms with van der Waals surface area (Å²) in [7, 11) is 1.42. The van der Waals surface area contributed by atoms with Gasteiger partial charge in [-0.05, 0) is 5.92 Å². The molecule has 0 amide bonds. The Hall–Kier alpha value is -2.38. The number of carbonyl (C=O) groups is 1. The van der Waals surface area contributed by atoms with Crippen LogP contribution in [0.5, 0.6) is 5.88 Å². The molecule has 1 aromatic heterocycles. The van der Waals surface area contributed by atoms with Crippen molar-refractivity contribution >= 4 is 17.5 Å². The monoisotopic (exact) mass is 281 g/mol. The van der Waals surface area contributed by atoms with Crippen molar-refractivity contribution in [1.29, 1.82) is 0 Å². The fourth-order valence-corrected chi connectivity index (χ4v) is 2.37. The van der Waals surface area contributed by atoms with Gasteiger partial charge in [-0.2, -0.15) is 4.98 Å². The molecule has 8 heteroatoms. The van der Waals surface area contributed by atoms with Gasteiger partial charge < -0.3 is 14.7 Å². The Labute approximate surface area is 115 Å². The average molecular weight is 281 g/mol. The third-order valence-electron chi connectivity index (χ3n) is 3.46. The molecular formula is C12H15N3O5. The highest BCUT2D eigenvalue weighted by Gasteiger charge is 2.37. The molecule has 8 nitrogen and oxygen atoms in total. The van der Waals surface area contributed by atoms with Crippen LogP contribution in [0.4, 0.5) is 11.5 Å². The molecule has 2 atom stereocenters. The molecule has 2 rings (SSSR count). The standard InChI is InChI=1S/C12H15N3O5/c1-7-5-14(6-8(7)12(16)17)11-9(15(18)19)3-4-10(13-11)20-2/h3-4,7-8H,5-6H2,1-2H3,(H,16,17)/t7-,8-/m1/s1. The minimum Gasteiger partial charge on any atom is -0.481 e. The number of carboxylic acids is 1. The largest absolute Gasteiger partial charge is 0.481 e. The van der Waals surface area contributed by atoms with Gasteiger partial charge in [0.1, 0.15) is 0 Å². The van der Waals surface area contributed by atoms with Gasteiger partial charge >= 0.3 is 11.7 Å². The van der Waals surface area contributed by atoms with Gasteiger partial charge in [0.2, 0.25) is 11.7 Å². The Balaban J connectivity index is 2.37. The van der Waals surface area contributed by atoms with E-state index in [4.69, 9.17) is 9.84 Å². The van der Waals surface area contributed by atoms with E-state index in [1.54, 1.807) is 4.90 Å². The highest BCUT2D eigenvalue weighted by Crippen LogP contribution is 2.34. The summed E-state index contributed by atoms with van der Waals surface area (Å²) < 4.78 is 4.97. The van der Waals surface area contributed by atoms with Crippen LogP contribution < -0.4 is 9.64 Å². The number of ether oxygens (including phenoxy) is 1. The smallest absolute Gasteiger partial charge is 0.311 e. The summed E-state index contributed by atoms with van der Waals surface area (Å²) >= 11 is 0. The van der Waals surface area contributed by atoms with Gasteiger partial charge in [-0.25, -0.2) is 0 Å². The van der Waals surface area contributed by atoms with E-state index in [9.17, 15) is 14.9 Å². The van der Waals surface area contributed by atoms with E-state index >= 15 is 0 Å². The highest BCUT2D eigenvalue weighted by atomic mass is 16.6. The minimum absolute atomic E-state index is 0.0971. The second kappa shape index (κ2) is 5.32. The molecule has 0 radical (unpaired) electrons. The zero-order chi connectivity index (χ0) is 14.9. The molecule has 1 N–H and O–H groups in total. The Morgan fingerprint density at radius 2 is 2.25 bits per heavy atom. The molecule has 2 heterocycles. The second-order valence-electron chi connectivity index (χ2n) is 4.78.